The number of piperidine rings is 2. The first-order valence-corrected chi connectivity index (χ1v) is 9.74. The lowest BCUT2D eigenvalue weighted by Crippen LogP contribution is -2.45. The van der Waals surface area contributed by atoms with Gasteiger partial charge in [-0.2, -0.15) is 0 Å². The van der Waals surface area contributed by atoms with Crippen molar-refractivity contribution in [3.63, 3.8) is 0 Å². The summed E-state index contributed by atoms with van der Waals surface area (Å²) in [6.45, 7) is 6.84. The van der Waals surface area contributed by atoms with E-state index >= 15 is 0 Å². The van der Waals surface area contributed by atoms with Crippen LogP contribution in [0.1, 0.15) is 38.2 Å². The van der Waals surface area contributed by atoms with Crippen molar-refractivity contribution in [1.82, 2.24) is 9.80 Å². The third-order valence-corrected chi connectivity index (χ3v) is 6.19. The predicted octanol–water partition coefficient (Wildman–Crippen LogP) is 4.46. The van der Waals surface area contributed by atoms with E-state index < -0.39 is 0 Å². The molecule has 1 atom stereocenters. The first-order chi connectivity index (χ1) is 11.5. The minimum Gasteiger partial charge on any atom is -0.342 e. The molecule has 0 spiro atoms. The van der Waals surface area contributed by atoms with Gasteiger partial charge in [0.25, 0.3) is 0 Å². The van der Waals surface area contributed by atoms with E-state index in [9.17, 15) is 4.79 Å². The van der Waals surface area contributed by atoms with Crippen molar-refractivity contribution >= 4 is 29.1 Å². The number of hydrogen-bond acceptors (Lipinski definition) is 2. The molecule has 24 heavy (non-hydrogen) atoms. The first kappa shape index (κ1) is 18.0. The molecule has 2 saturated heterocycles. The van der Waals surface area contributed by atoms with Crippen molar-refractivity contribution in [3.05, 3.63) is 33.8 Å². The molecule has 2 fully saturated rings. The lowest BCUT2D eigenvalue weighted by Gasteiger charge is -2.37. The minimum absolute atomic E-state index is 0.196. The molecule has 0 N–H and O–H groups in total. The lowest BCUT2D eigenvalue weighted by molar-refractivity contribution is -0.138. The van der Waals surface area contributed by atoms with E-state index in [0.717, 1.165) is 57.5 Å². The number of carbonyl (C=O) groups excluding carboxylic acids is 1. The van der Waals surface area contributed by atoms with E-state index in [1.165, 1.54) is 6.42 Å². The van der Waals surface area contributed by atoms with Gasteiger partial charge in [0.15, 0.2) is 0 Å². The maximum absolute atomic E-state index is 12.7. The Morgan fingerprint density at radius 1 is 1.17 bits per heavy atom. The molecule has 1 amide bonds. The molecule has 132 valence electrons. The Bertz CT molecular complexity index is 585. The zero-order valence-corrected chi connectivity index (χ0v) is 15.8. The van der Waals surface area contributed by atoms with Crippen LogP contribution in [0.15, 0.2) is 18.2 Å². The normalized spacial score (nSPS) is 23.5. The Balaban J connectivity index is 1.52. The number of carbonyl (C=O) groups is 1. The van der Waals surface area contributed by atoms with Gasteiger partial charge in [-0.1, -0.05) is 42.3 Å². The van der Waals surface area contributed by atoms with Crippen molar-refractivity contribution in [2.45, 2.75) is 39.2 Å². The van der Waals surface area contributed by atoms with Gasteiger partial charge in [-0.25, -0.2) is 0 Å². The number of rotatable bonds is 3. The van der Waals surface area contributed by atoms with Crippen LogP contribution in [0.25, 0.3) is 0 Å². The Hall–Kier alpha value is -0.770. The van der Waals surface area contributed by atoms with Gasteiger partial charge in [0.1, 0.15) is 0 Å². The summed E-state index contributed by atoms with van der Waals surface area (Å²) in [5.74, 6) is 1.22. The molecular weight excluding hydrogens is 343 g/mol. The molecule has 3 rings (SSSR count). The van der Waals surface area contributed by atoms with E-state index in [4.69, 9.17) is 23.2 Å². The smallest absolute Gasteiger partial charge is 0.225 e. The Morgan fingerprint density at radius 2 is 1.92 bits per heavy atom. The highest BCUT2D eigenvalue weighted by Crippen LogP contribution is 2.29. The zero-order chi connectivity index (χ0) is 17.1. The summed E-state index contributed by atoms with van der Waals surface area (Å²) in [5, 5.41) is 1.26. The molecule has 1 aromatic carbocycles. The highest BCUT2D eigenvalue weighted by Gasteiger charge is 2.30. The Labute approximate surface area is 154 Å². The summed E-state index contributed by atoms with van der Waals surface area (Å²) in [6.07, 6.45) is 4.30. The molecule has 2 heterocycles. The van der Waals surface area contributed by atoms with Crippen molar-refractivity contribution in [3.8, 4) is 0 Å². The Kier molecular flexibility index (Phi) is 6.07. The van der Waals surface area contributed by atoms with Crippen LogP contribution in [0.3, 0.4) is 0 Å². The van der Waals surface area contributed by atoms with Gasteiger partial charge in [0, 0.05) is 25.6 Å². The van der Waals surface area contributed by atoms with Gasteiger partial charge in [0.05, 0.1) is 10.0 Å². The summed E-state index contributed by atoms with van der Waals surface area (Å²) in [7, 11) is 0. The van der Waals surface area contributed by atoms with Crippen LogP contribution in [0.2, 0.25) is 10.0 Å². The molecule has 1 unspecified atom stereocenters. The van der Waals surface area contributed by atoms with Gasteiger partial charge >= 0.3 is 0 Å². The maximum Gasteiger partial charge on any atom is 0.225 e. The van der Waals surface area contributed by atoms with E-state index in [0.29, 0.717) is 21.9 Å². The predicted molar refractivity (Wildman–Crippen MR) is 99.4 cm³/mol. The van der Waals surface area contributed by atoms with Gasteiger partial charge in [0.2, 0.25) is 5.91 Å². The largest absolute Gasteiger partial charge is 0.342 e. The number of nitrogens with zero attached hydrogens (tertiary/aromatic N) is 2. The summed E-state index contributed by atoms with van der Waals surface area (Å²) >= 11 is 12.4. The summed E-state index contributed by atoms with van der Waals surface area (Å²) in [4.78, 5) is 17.2. The Morgan fingerprint density at radius 3 is 2.62 bits per heavy atom. The molecule has 0 aliphatic carbocycles. The van der Waals surface area contributed by atoms with Gasteiger partial charge in [-0.05, 0) is 56.3 Å². The average molecular weight is 369 g/mol. The molecule has 0 radical (unpaired) electrons. The summed E-state index contributed by atoms with van der Waals surface area (Å²) in [6, 6.07) is 5.79. The van der Waals surface area contributed by atoms with Crippen LogP contribution in [0.5, 0.6) is 0 Å². The van der Waals surface area contributed by atoms with Crippen LogP contribution in [0.4, 0.5) is 0 Å². The molecular formula is C19H26Cl2N2O. The second-order valence-electron chi connectivity index (χ2n) is 7.30. The number of benzene rings is 1. The lowest BCUT2D eigenvalue weighted by atomic mass is 9.92. The average Bonchev–Trinajstić information content (AvgIpc) is 2.59. The van der Waals surface area contributed by atoms with Crippen molar-refractivity contribution < 1.29 is 4.79 Å². The van der Waals surface area contributed by atoms with E-state index in [1.807, 2.05) is 18.2 Å². The first-order valence-electron chi connectivity index (χ1n) is 8.98. The van der Waals surface area contributed by atoms with Gasteiger partial charge in [-0.3, -0.25) is 9.69 Å². The molecule has 3 nitrogen and oxygen atoms in total. The molecule has 5 heteroatoms. The quantitative estimate of drug-likeness (QED) is 0.785. The standard InChI is InChI=1S/C19H26Cl2N2O/c1-14-4-3-9-23(12-14)19(24)15-7-10-22(11-8-15)13-16-5-2-6-17(20)18(16)21/h2,5-6,14-15H,3-4,7-13H2,1H3. The van der Waals surface area contributed by atoms with Crippen molar-refractivity contribution in [1.29, 1.82) is 0 Å². The number of halogens is 2. The molecule has 2 aliphatic heterocycles. The molecule has 0 saturated carbocycles. The molecule has 0 bridgehead atoms. The maximum atomic E-state index is 12.7. The number of amides is 1. The number of hydrogen-bond donors (Lipinski definition) is 0. The highest BCUT2D eigenvalue weighted by atomic mass is 35.5. The van der Waals surface area contributed by atoms with E-state index in [-0.39, 0.29) is 5.92 Å². The topological polar surface area (TPSA) is 23.6 Å². The van der Waals surface area contributed by atoms with E-state index in [1.54, 1.807) is 0 Å². The third-order valence-electron chi connectivity index (χ3n) is 5.33. The fraction of sp³-hybridized carbons (Fsp3) is 0.632. The summed E-state index contributed by atoms with van der Waals surface area (Å²) in [5.41, 5.74) is 1.07. The van der Waals surface area contributed by atoms with Crippen molar-refractivity contribution in [2.24, 2.45) is 11.8 Å². The van der Waals surface area contributed by atoms with E-state index in [2.05, 4.69) is 16.7 Å². The molecule has 1 aromatic rings. The molecule has 2 aliphatic rings. The van der Waals surface area contributed by atoms with Gasteiger partial charge < -0.3 is 4.90 Å². The SMILES string of the molecule is CC1CCCN(C(=O)C2CCN(Cc3cccc(Cl)c3Cl)CC2)C1. The van der Waals surface area contributed by atoms with Crippen LogP contribution < -0.4 is 0 Å². The fourth-order valence-corrected chi connectivity index (χ4v) is 4.28. The fourth-order valence-electron chi connectivity index (χ4n) is 3.90. The molecule has 0 aromatic heterocycles. The van der Waals surface area contributed by atoms with Crippen LogP contribution >= 0.6 is 23.2 Å². The second-order valence-corrected chi connectivity index (χ2v) is 8.08. The minimum atomic E-state index is 0.196. The van der Waals surface area contributed by atoms with Crippen LogP contribution in [-0.4, -0.2) is 41.9 Å². The van der Waals surface area contributed by atoms with Crippen molar-refractivity contribution in [2.75, 3.05) is 26.2 Å². The van der Waals surface area contributed by atoms with Crippen LogP contribution in [0, 0.1) is 11.8 Å². The monoisotopic (exact) mass is 368 g/mol. The number of likely N-dealkylation sites (tertiary alicyclic amines) is 2. The van der Waals surface area contributed by atoms with Crippen LogP contribution in [-0.2, 0) is 11.3 Å². The highest BCUT2D eigenvalue weighted by molar-refractivity contribution is 6.42. The summed E-state index contributed by atoms with van der Waals surface area (Å²) < 4.78 is 0. The van der Waals surface area contributed by atoms with Gasteiger partial charge in [-0.15, -0.1) is 0 Å². The third kappa shape index (κ3) is 4.25. The second kappa shape index (κ2) is 8.07. The zero-order valence-electron chi connectivity index (χ0n) is 14.3.